The van der Waals surface area contributed by atoms with Crippen LogP contribution in [-0.4, -0.2) is 44.3 Å². The van der Waals surface area contributed by atoms with Crippen molar-refractivity contribution in [2.75, 3.05) is 24.5 Å². The number of nitrogens with zero attached hydrogens (tertiary/aromatic N) is 5. The minimum absolute atomic E-state index is 0.000145. The van der Waals surface area contributed by atoms with Crippen LogP contribution in [0.3, 0.4) is 0 Å². The number of piperidine rings is 1. The normalized spacial score (nSPS) is 17.0. The monoisotopic (exact) mass is 418 g/mol. The second-order valence-electron chi connectivity index (χ2n) is 8.72. The summed E-state index contributed by atoms with van der Waals surface area (Å²) in [5.41, 5.74) is 5.18. The molecule has 1 N–H and O–H groups in total. The first kappa shape index (κ1) is 20.0. The van der Waals surface area contributed by atoms with Gasteiger partial charge in [0.15, 0.2) is 0 Å². The van der Waals surface area contributed by atoms with Gasteiger partial charge in [0.1, 0.15) is 11.6 Å². The molecule has 0 atom stereocenters. The number of aromatic nitrogens is 4. The molecule has 7 heteroatoms. The number of aromatic amines is 1. The lowest BCUT2D eigenvalue weighted by atomic mass is 10.1. The molecule has 0 spiro atoms. The van der Waals surface area contributed by atoms with Gasteiger partial charge in [0.05, 0.1) is 22.6 Å². The molecular formula is C24H30N6O. The van der Waals surface area contributed by atoms with E-state index in [9.17, 15) is 4.79 Å². The molecule has 0 aliphatic carbocycles. The zero-order valence-corrected chi connectivity index (χ0v) is 18.4. The molecule has 1 saturated heterocycles. The lowest BCUT2D eigenvalue weighted by Crippen LogP contribution is -2.37. The van der Waals surface area contributed by atoms with Gasteiger partial charge in [0.25, 0.3) is 5.56 Å². The highest BCUT2D eigenvalue weighted by Crippen LogP contribution is 2.31. The molecule has 7 nitrogen and oxygen atoms in total. The van der Waals surface area contributed by atoms with Gasteiger partial charge in [-0.3, -0.25) is 9.69 Å². The minimum atomic E-state index is 0.000145. The van der Waals surface area contributed by atoms with Crippen LogP contribution < -0.4 is 10.5 Å². The van der Waals surface area contributed by atoms with Gasteiger partial charge in [-0.25, -0.2) is 9.67 Å². The standard InChI is InChI=1S/C24H30N6O/c1-17-20(15-28-14-11-22-21(16-28)23(31)26-18(2)25-22)24(29-12-7-4-8-13-29)30(27-17)19-9-5-3-6-10-19/h3,5-6,9-10H,4,7-8,11-16H2,1-2H3,(H,25,26,31). The van der Waals surface area contributed by atoms with Crippen molar-refractivity contribution < 1.29 is 0 Å². The quantitative estimate of drug-likeness (QED) is 0.705. The topological polar surface area (TPSA) is 70.0 Å². The average molecular weight is 419 g/mol. The lowest BCUT2D eigenvalue weighted by Gasteiger charge is -2.32. The van der Waals surface area contributed by atoms with Crippen molar-refractivity contribution in [1.29, 1.82) is 0 Å². The summed E-state index contributed by atoms with van der Waals surface area (Å²) >= 11 is 0. The molecule has 162 valence electrons. The molecule has 0 saturated carbocycles. The molecule has 0 unspecified atom stereocenters. The highest BCUT2D eigenvalue weighted by Gasteiger charge is 2.27. The third kappa shape index (κ3) is 3.90. The first-order valence-corrected chi connectivity index (χ1v) is 11.3. The lowest BCUT2D eigenvalue weighted by molar-refractivity contribution is 0.241. The van der Waals surface area contributed by atoms with E-state index in [1.165, 1.54) is 30.6 Å². The molecule has 0 radical (unpaired) electrons. The molecular weight excluding hydrogens is 388 g/mol. The molecule has 2 aliphatic rings. The van der Waals surface area contributed by atoms with Crippen molar-refractivity contribution in [1.82, 2.24) is 24.6 Å². The zero-order chi connectivity index (χ0) is 21.4. The van der Waals surface area contributed by atoms with Gasteiger partial charge in [-0.2, -0.15) is 5.10 Å². The molecule has 1 fully saturated rings. The third-order valence-corrected chi connectivity index (χ3v) is 6.46. The van der Waals surface area contributed by atoms with Gasteiger partial charge < -0.3 is 9.88 Å². The molecule has 2 aromatic heterocycles. The van der Waals surface area contributed by atoms with E-state index >= 15 is 0 Å². The van der Waals surface area contributed by atoms with E-state index in [0.29, 0.717) is 12.4 Å². The molecule has 4 heterocycles. The number of anilines is 1. The van der Waals surface area contributed by atoms with Crippen molar-refractivity contribution >= 4 is 5.82 Å². The first-order chi connectivity index (χ1) is 15.1. The Morgan fingerprint density at radius 1 is 1.03 bits per heavy atom. The fourth-order valence-electron chi connectivity index (χ4n) is 4.88. The Morgan fingerprint density at radius 2 is 1.81 bits per heavy atom. The van der Waals surface area contributed by atoms with E-state index in [1.54, 1.807) is 0 Å². The van der Waals surface area contributed by atoms with Crippen LogP contribution in [0, 0.1) is 13.8 Å². The van der Waals surface area contributed by atoms with Crippen molar-refractivity contribution in [3.8, 4) is 5.69 Å². The van der Waals surface area contributed by atoms with Crippen LogP contribution in [0.15, 0.2) is 35.1 Å². The summed E-state index contributed by atoms with van der Waals surface area (Å²) in [7, 11) is 0. The van der Waals surface area contributed by atoms with Crippen LogP contribution in [0.1, 0.15) is 47.6 Å². The third-order valence-electron chi connectivity index (χ3n) is 6.46. The van der Waals surface area contributed by atoms with E-state index in [2.05, 4.69) is 55.6 Å². The number of hydrogen-bond acceptors (Lipinski definition) is 5. The molecule has 5 rings (SSSR count). The summed E-state index contributed by atoms with van der Waals surface area (Å²) in [4.78, 5) is 24.8. The SMILES string of the molecule is Cc1nc2c(c(=O)[nH]1)CN(Cc1c(C)nn(-c3ccccc3)c1N1CCCCC1)CC2. The van der Waals surface area contributed by atoms with Crippen LogP contribution in [-0.2, 0) is 19.5 Å². The molecule has 0 bridgehead atoms. The fraction of sp³-hybridized carbons (Fsp3) is 0.458. The molecule has 31 heavy (non-hydrogen) atoms. The van der Waals surface area contributed by atoms with Gasteiger partial charge in [-0.15, -0.1) is 0 Å². The number of benzene rings is 1. The summed E-state index contributed by atoms with van der Waals surface area (Å²) in [5.74, 6) is 1.91. The highest BCUT2D eigenvalue weighted by molar-refractivity contribution is 5.55. The van der Waals surface area contributed by atoms with Gasteiger partial charge in [0.2, 0.25) is 0 Å². The van der Waals surface area contributed by atoms with Gasteiger partial charge in [-0.05, 0) is 45.2 Å². The van der Waals surface area contributed by atoms with Crippen LogP contribution in [0.25, 0.3) is 5.69 Å². The van der Waals surface area contributed by atoms with Crippen LogP contribution in [0.5, 0.6) is 0 Å². The Morgan fingerprint density at radius 3 is 2.58 bits per heavy atom. The van der Waals surface area contributed by atoms with E-state index in [0.717, 1.165) is 55.2 Å². The Balaban J connectivity index is 1.50. The molecule has 1 aromatic carbocycles. The maximum absolute atomic E-state index is 12.5. The minimum Gasteiger partial charge on any atom is -0.356 e. The van der Waals surface area contributed by atoms with Crippen LogP contribution >= 0.6 is 0 Å². The number of aryl methyl sites for hydroxylation is 2. The average Bonchev–Trinajstić information content (AvgIpc) is 3.11. The van der Waals surface area contributed by atoms with Crippen molar-refractivity contribution in [2.45, 2.75) is 52.6 Å². The van der Waals surface area contributed by atoms with E-state index in [4.69, 9.17) is 5.10 Å². The maximum atomic E-state index is 12.5. The number of para-hydroxylation sites is 1. The van der Waals surface area contributed by atoms with Gasteiger partial charge in [0, 0.05) is 44.7 Å². The Labute approximate surface area is 182 Å². The first-order valence-electron chi connectivity index (χ1n) is 11.3. The van der Waals surface area contributed by atoms with Crippen molar-refractivity contribution in [2.24, 2.45) is 0 Å². The van der Waals surface area contributed by atoms with Crippen molar-refractivity contribution in [3.05, 3.63) is 69.0 Å². The largest absolute Gasteiger partial charge is 0.356 e. The van der Waals surface area contributed by atoms with E-state index in [1.807, 2.05) is 13.0 Å². The summed E-state index contributed by atoms with van der Waals surface area (Å²) < 4.78 is 2.12. The number of H-pyrrole nitrogens is 1. The Bertz CT molecular complexity index is 1130. The van der Waals surface area contributed by atoms with Crippen molar-refractivity contribution in [3.63, 3.8) is 0 Å². The second-order valence-corrected chi connectivity index (χ2v) is 8.72. The molecule has 2 aliphatic heterocycles. The number of nitrogens with one attached hydrogen (secondary N) is 1. The van der Waals surface area contributed by atoms with Gasteiger partial charge in [-0.1, -0.05) is 18.2 Å². The number of rotatable bonds is 4. The van der Waals surface area contributed by atoms with E-state index in [-0.39, 0.29) is 5.56 Å². The Kier molecular flexibility index (Phi) is 5.36. The van der Waals surface area contributed by atoms with Crippen LogP contribution in [0.4, 0.5) is 5.82 Å². The number of hydrogen-bond donors (Lipinski definition) is 1. The summed E-state index contributed by atoms with van der Waals surface area (Å²) in [5, 5.41) is 4.96. The Hall–Kier alpha value is -2.93. The van der Waals surface area contributed by atoms with Crippen LogP contribution in [0.2, 0.25) is 0 Å². The number of fused-ring (bicyclic) bond motifs is 1. The van der Waals surface area contributed by atoms with Gasteiger partial charge >= 0.3 is 0 Å². The molecule has 0 amide bonds. The predicted molar refractivity (Wildman–Crippen MR) is 122 cm³/mol. The highest BCUT2D eigenvalue weighted by atomic mass is 16.1. The smallest absolute Gasteiger partial charge is 0.255 e. The predicted octanol–water partition coefficient (Wildman–Crippen LogP) is 3.12. The maximum Gasteiger partial charge on any atom is 0.255 e. The van der Waals surface area contributed by atoms with E-state index < -0.39 is 0 Å². The summed E-state index contributed by atoms with van der Waals surface area (Å²) in [6.07, 6.45) is 4.54. The fourth-order valence-corrected chi connectivity index (χ4v) is 4.88. The zero-order valence-electron chi connectivity index (χ0n) is 18.4. The molecule has 3 aromatic rings. The second kappa shape index (κ2) is 8.30. The summed E-state index contributed by atoms with van der Waals surface area (Å²) in [6.45, 7) is 8.41. The summed E-state index contributed by atoms with van der Waals surface area (Å²) in [6, 6.07) is 10.4.